The Hall–Kier alpha value is -4.68. The summed E-state index contributed by atoms with van der Waals surface area (Å²) in [7, 11) is -0.157. The smallest absolute Gasteiger partial charge is 0.384 e. The topological polar surface area (TPSA) is 98.3 Å². The van der Waals surface area contributed by atoms with Gasteiger partial charge < -0.3 is 19.7 Å². The van der Waals surface area contributed by atoms with E-state index in [9.17, 15) is 9.46 Å². The van der Waals surface area contributed by atoms with Crippen LogP contribution < -0.4 is 10.6 Å². The Labute approximate surface area is 247 Å². The quantitative estimate of drug-likeness (QED) is 0.173. The molecule has 41 heavy (non-hydrogen) atoms. The highest BCUT2D eigenvalue weighted by Gasteiger charge is 2.47. The number of methoxy groups -OCH3 is 2. The molecular weight excluding hydrogens is 559 g/mol. The lowest BCUT2D eigenvalue weighted by Crippen LogP contribution is -2.47. The van der Waals surface area contributed by atoms with Gasteiger partial charge >= 0.3 is 7.82 Å². The lowest BCUT2D eigenvalue weighted by molar-refractivity contribution is -0.0282. The number of rotatable bonds is 7. The minimum atomic E-state index is -4.24. The number of nitrogens with one attached hydrogen (secondary N) is 2. The van der Waals surface area contributed by atoms with Crippen LogP contribution in [-0.4, -0.2) is 56.2 Å². The van der Waals surface area contributed by atoms with Gasteiger partial charge in [-0.3, -0.25) is 14.4 Å². The first-order valence-corrected chi connectivity index (χ1v) is 13.4. The van der Waals surface area contributed by atoms with Crippen LogP contribution in [-0.2, 0) is 23.1 Å². The van der Waals surface area contributed by atoms with Crippen molar-refractivity contribution in [3.63, 3.8) is 0 Å². The van der Waals surface area contributed by atoms with Gasteiger partial charge in [0.25, 0.3) is 0 Å². The third kappa shape index (κ3) is 15.5. The molecule has 0 spiro atoms. The van der Waals surface area contributed by atoms with Gasteiger partial charge in [-0.1, -0.05) is 5.92 Å². The third-order valence-corrected chi connectivity index (χ3v) is 5.81. The Morgan fingerprint density at radius 3 is 1.68 bits per heavy atom. The Morgan fingerprint density at radius 2 is 1.27 bits per heavy atom. The molecular formula is C31H23N2O6PS. The fourth-order valence-electron chi connectivity index (χ4n) is 3.14. The van der Waals surface area contributed by atoms with Crippen LogP contribution in [0.15, 0.2) is 0 Å². The van der Waals surface area contributed by atoms with Crippen LogP contribution in [0.5, 0.6) is 0 Å². The van der Waals surface area contributed by atoms with E-state index in [1.165, 1.54) is 14.2 Å². The number of hydrogen-bond donors (Lipinski definition) is 3. The molecule has 0 aliphatic heterocycles. The first kappa shape index (κ1) is 34.3. The monoisotopic (exact) mass is 582 g/mol. The van der Waals surface area contributed by atoms with Gasteiger partial charge in [0.15, 0.2) is 5.11 Å². The second-order valence-electron chi connectivity index (χ2n) is 7.20. The van der Waals surface area contributed by atoms with E-state index in [1.54, 1.807) is 6.92 Å². The van der Waals surface area contributed by atoms with Crippen molar-refractivity contribution < 1.29 is 28.0 Å². The molecule has 8 nitrogen and oxygen atoms in total. The van der Waals surface area contributed by atoms with Crippen molar-refractivity contribution in [1.82, 2.24) is 10.6 Å². The number of thiocarbonyl (C=S) groups is 1. The van der Waals surface area contributed by atoms with Gasteiger partial charge in [0.2, 0.25) is 0 Å². The molecule has 0 heterocycles. The molecule has 0 amide bonds. The molecule has 0 aromatic rings. The molecule has 0 radical (unpaired) electrons. The van der Waals surface area contributed by atoms with Gasteiger partial charge in [0.1, 0.15) is 12.2 Å². The molecule has 204 valence electrons. The normalized spacial score (nSPS) is 18.2. The average Bonchev–Trinajstić information content (AvgIpc) is 3.26. The molecule has 1 saturated carbocycles. The highest BCUT2D eigenvalue weighted by molar-refractivity contribution is 7.80. The average molecular weight is 583 g/mol. The maximum Gasteiger partial charge on any atom is 0.472 e. The largest absolute Gasteiger partial charge is 0.472 e. The molecule has 0 aromatic carbocycles. The van der Waals surface area contributed by atoms with Crippen LogP contribution in [0.1, 0.15) is 13.3 Å². The first-order valence-electron chi connectivity index (χ1n) is 11.5. The molecule has 2 unspecified atom stereocenters. The molecule has 3 N–H and O–H groups in total. The zero-order valence-corrected chi connectivity index (χ0v) is 24.3. The number of hydrogen-bond acceptors (Lipinski definition) is 6. The number of ether oxygens (including phenoxy) is 2. The fourth-order valence-corrected chi connectivity index (χ4v) is 4.03. The highest BCUT2D eigenvalue weighted by atomic mass is 32.1. The van der Waals surface area contributed by atoms with Crippen LogP contribution in [0.25, 0.3) is 0 Å². The molecule has 5 atom stereocenters. The molecule has 0 saturated heterocycles. The SMILES string of the molecule is CC#CC#CC#CC#CC#CC#CC#CC#CC#CC#CNC(=S)N[C@@H]1C[C@H](COC)C(OP(=O)(O)OC)[C@@H]1OC. The molecule has 1 rings (SSSR count). The minimum absolute atomic E-state index is 0.215. The van der Waals surface area contributed by atoms with Crippen LogP contribution in [0.4, 0.5) is 0 Å². The maximum absolute atomic E-state index is 12.0. The predicted molar refractivity (Wildman–Crippen MR) is 159 cm³/mol. The summed E-state index contributed by atoms with van der Waals surface area (Å²) in [4.78, 5) is 9.77. The lowest BCUT2D eigenvalue weighted by atomic mass is 10.1. The summed E-state index contributed by atoms with van der Waals surface area (Å²) >= 11 is 5.27. The summed E-state index contributed by atoms with van der Waals surface area (Å²) in [5.41, 5.74) is 0. The van der Waals surface area contributed by atoms with Crippen LogP contribution in [0, 0.1) is 124 Å². The summed E-state index contributed by atoms with van der Waals surface area (Å²) in [6.45, 7) is 1.97. The molecule has 10 heteroatoms. The van der Waals surface area contributed by atoms with E-state index in [0.29, 0.717) is 6.42 Å². The first-order chi connectivity index (χ1) is 19.9. The molecule has 0 aromatic heterocycles. The second-order valence-corrected chi connectivity index (χ2v) is 9.12. The van der Waals surface area contributed by atoms with Crippen molar-refractivity contribution in [2.24, 2.45) is 5.92 Å². The van der Waals surface area contributed by atoms with Gasteiger partial charge in [-0.05, 0) is 72.9 Å². The Balaban J connectivity index is 2.57. The second kappa shape index (κ2) is 21.2. The Bertz CT molecular complexity index is 1650. The van der Waals surface area contributed by atoms with E-state index in [-0.39, 0.29) is 23.7 Å². The van der Waals surface area contributed by atoms with Crippen molar-refractivity contribution in [2.75, 3.05) is 27.9 Å². The lowest BCUT2D eigenvalue weighted by Gasteiger charge is -2.27. The fraction of sp³-hybridized carbons (Fsp3) is 0.323. The summed E-state index contributed by atoms with van der Waals surface area (Å²) < 4.78 is 32.6. The zero-order chi connectivity index (χ0) is 30.2. The summed E-state index contributed by atoms with van der Waals surface area (Å²) in [5.74, 6) is 47.7. The standard InChI is InChI=1S/C31H23N2O6PS/c1-5-6-7-8-9-10-11-12-13-14-15-16-17-18-19-20-21-22-23-24-32-31(41)33-28-25-27(26-36-2)29(30(28)37-3)39-40(34,35)38-4/h27-30H,25-26H2,1-4H3,(H,34,35)(H2,32,33,41)/t27-,28-,29?,30-/m1/s1. The van der Waals surface area contributed by atoms with Gasteiger partial charge in [0, 0.05) is 92.5 Å². The Morgan fingerprint density at radius 1 is 0.805 bits per heavy atom. The summed E-state index contributed by atoms with van der Waals surface area (Å²) in [6.07, 6.45) is -0.860. The third-order valence-electron chi connectivity index (χ3n) is 4.62. The minimum Gasteiger partial charge on any atom is -0.384 e. The predicted octanol–water partition coefficient (Wildman–Crippen LogP) is 0.644. The van der Waals surface area contributed by atoms with E-state index in [0.717, 1.165) is 7.11 Å². The van der Waals surface area contributed by atoms with E-state index in [2.05, 4.69) is 134 Å². The van der Waals surface area contributed by atoms with Crippen molar-refractivity contribution in [3.05, 3.63) is 0 Å². The van der Waals surface area contributed by atoms with Gasteiger partial charge in [-0.15, -0.1) is 0 Å². The number of phosphoric acid groups is 1. The van der Waals surface area contributed by atoms with Crippen LogP contribution in [0.3, 0.4) is 0 Å². The van der Waals surface area contributed by atoms with Crippen LogP contribution in [0.2, 0.25) is 0 Å². The number of phosphoric ester groups is 1. The molecule has 1 fully saturated rings. The molecule has 1 aliphatic carbocycles. The van der Waals surface area contributed by atoms with Crippen molar-refractivity contribution in [1.29, 1.82) is 0 Å². The summed E-state index contributed by atoms with van der Waals surface area (Å²) in [6, 6.07) is 2.25. The zero-order valence-electron chi connectivity index (χ0n) is 22.6. The van der Waals surface area contributed by atoms with E-state index < -0.39 is 20.0 Å². The van der Waals surface area contributed by atoms with Crippen molar-refractivity contribution in [2.45, 2.75) is 31.6 Å². The van der Waals surface area contributed by atoms with Gasteiger partial charge in [-0.25, -0.2) is 4.57 Å². The van der Waals surface area contributed by atoms with E-state index in [1.807, 2.05) is 0 Å². The van der Waals surface area contributed by atoms with Crippen molar-refractivity contribution >= 4 is 25.2 Å². The maximum atomic E-state index is 12.0. The van der Waals surface area contributed by atoms with Gasteiger partial charge in [0.05, 0.1) is 12.6 Å². The molecule has 0 bridgehead atoms. The van der Waals surface area contributed by atoms with Crippen molar-refractivity contribution in [3.8, 4) is 119 Å². The van der Waals surface area contributed by atoms with Crippen LogP contribution >= 0.6 is 20.0 Å². The Kier molecular flexibility index (Phi) is 17.7. The highest BCUT2D eigenvalue weighted by Crippen LogP contribution is 2.48. The van der Waals surface area contributed by atoms with Gasteiger partial charge in [-0.2, -0.15) is 0 Å². The van der Waals surface area contributed by atoms with E-state index in [4.69, 9.17) is 26.2 Å². The summed E-state index contributed by atoms with van der Waals surface area (Å²) in [5, 5.41) is 5.98. The van der Waals surface area contributed by atoms with E-state index >= 15 is 0 Å². The molecule has 1 aliphatic rings.